The van der Waals surface area contributed by atoms with Gasteiger partial charge in [0.05, 0.1) is 6.42 Å². The van der Waals surface area contributed by atoms with Crippen LogP contribution in [0.5, 0.6) is 0 Å². The fraction of sp³-hybridized carbons (Fsp3) is 0.400. The first-order valence-corrected chi connectivity index (χ1v) is 7.96. The zero-order valence-electron chi connectivity index (χ0n) is 11.6. The number of carbonyl (C=O) groups excluding carboxylic acids is 1. The molecule has 0 aliphatic carbocycles. The minimum atomic E-state index is -0.325. The summed E-state index contributed by atoms with van der Waals surface area (Å²) in [5.74, 6) is 0.361. The lowest BCUT2D eigenvalue weighted by Gasteiger charge is -2.32. The van der Waals surface area contributed by atoms with Crippen molar-refractivity contribution in [3.8, 4) is 0 Å². The highest BCUT2D eigenvalue weighted by Gasteiger charge is 2.25. The third-order valence-electron chi connectivity index (χ3n) is 3.82. The van der Waals surface area contributed by atoms with Crippen LogP contribution in [0.25, 0.3) is 0 Å². The van der Waals surface area contributed by atoms with Gasteiger partial charge in [-0.25, -0.2) is 9.78 Å². The van der Waals surface area contributed by atoms with Crippen molar-refractivity contribution < 1.29 is 4.79 Å². The molecule has 2 aromatic heterocycles. The van der Waals surface area contributed by atoms with Crippen molar-refractivity contribution in [2.24, 2.45) is 0 Å². The second-order valence-electron chi connectivity index (χ2n) is 5.27. The predicted octanol–water partition coefficient (Wildman–Crippen LogP) is 1.78. The lowest BCUT2D eigenvalue weighted by atomic mass is 9.94. The molecule has 6 heteroatoms. The van der Waals surface area contributed by atoms with Gasteiger partial charge in [-0.15, -0.1) is 11.3 Å². The Bertz CT molecular complexity index is 666. The Morgan fingerprint density at radius 1 is 1.48 bits per heavy atom. The molecule has 1 saturated heterocycles. The first kappa shape index (κ1) is 14.0. The van der Waals surface area contributed by atoms with Crippen LogP contribution in [0.2, 0.25) is 0 Å². The van der Waals surface area contributed by atoms with E-state index < -0.39 is 0 Å². The molecule has 21 heavy (non-hydrogen) atoms. The largest absolute Gasteiger partial charge is 0.345 e. The summed E-state index contributed by atoms with van der Waals surface area (Å²) >= 11 is 1.61. The van der Waals surface area contributed by atoms with Gasteiger partial charge in [0.1, 0.15) is 0 Å². The number of nitrogens with one attached hydrogen (secondary N) is 1. The quantitative estimate of drug-likeness (QED) is 0.940. The molecule has 3 heterocycles. The van der Waals surface area contributed by atoms with E-state index in [1.165, 1.54) is 6.20 Å². The number of rotatable bonds is 3. The van der Waals surface area contributed by atoms with Gasteiger partial charge < -0.3 is 9.88 Å². The zero-order chi connectivity index (χ0) is 14.7. The van der Waals surface area contributed by atoms with E-state index in [-0.39, 0.29) is 17.5 Å². The van der Waals surface area contributed by atoms with Crippen LogP contribution in [0, 0.1) is 0 Å². The number of aromatic nitrogens is 2. The molecule has 0 saturated carbocycles. The van der Waals surface area contributed by atoms with Gasteiger partial charge >= 0.3 is 5.69 Å². The standard InChI is InChI=1S/C15H17N3O2S/c19-14(9-12-4-2-8-21-12)18-7-1-3-11(10-18)13-5-6-16-15(20)17-13/h2,4-6,8,11H,1,3,7,9-10H2,(H,16,17,20)/t11-/m0/s1. The number of nitrogens with zero attached hydrogens (tertiary/aromatic N) is 2. The highest BCUT2D eigenvalue weighted by Crippen LogP contribution is 2.25. The topological polar surface area (TPSA) is 66.1 Å². The van der Waals surface area contributed by atoms with E-state index >= 15 is 0 Å². The molecule has 0 aromatic carbocycles. The summed E-state index contributed by atoms with van der Waals surface area (Å²) in [4.78, 5) is 33.1. The van der Waals surface area contributed by atoms with Crippen molar-refractivity contribution >= 4 is 17.2 Å². The molecule has 5 nitrogen and oxygen atoms in total. The Labute approximate surface area is 126 Å². The SMILES string of the molecule is O=C(Cc1cccs1)N1CCC[C@H](c2ccnc(=O)[nH]2)C1. The van der Waals surface area contributed by atoms with Crippen molar-refractivity contribution in [2.75, 3.05) is 13.1 Å². The van der Waals surface area contributed by atoms with Crippen LogP contribution in [0.1, 0.15) is 29.3 Å². The molecule has 2 aromatic rings. The molecule has 1 aliphatic heterocycles. The highest BCUT2D eigenvalue weighted by atomic mass is 32.1. The highest BCUT2D eigenvalue weighted by molar-refractivity contribution is 7.10. The van der Waals surface area contributed by atoms with E-state index in [9.17, 15) is 9.59 Å². The van der Waals surface area contributed by atoms with Crippen LogP contribution in [0.15, 0.2) is 34.6 Å². The van der Waals surface area contributed by atoms with Gasteiger partial charge in [-0.05, 0) is 30.4 Å². The summed E-state index contributed by atoms with van der Waals surface area (Å²) in [6.45, 7) is 1.47. The summed E-state index contributed by atoms with van der Waals surface area (Å²) in [5, 5.41) is 1.99. The number of carbonyl (C=O) groups is 1. The number of amides is 1. The Hall–Kier alpha value is -1.95. The molecular weight excluding hydrogens is 286 g/mol. The Balaban J connectivity index is 1.68. The zero-order valence-corrected chi connectivity index (χ0v) is 12.4. The summed E-state index contributed by atoms with van der Waals surface area (Å²) in [5.41, 5.74) is 0.554. The average molecular weight is 303 g/mol. The number of aromatic amines is 1. The van der Waals surface area contributed by atoms with Gasteiger partial charge in [0.2, 0.25) is 5.91 Å². The maximum absolute atomic E-state index is 12.4. The van der Waals surface area contributed by atoms with E-state index in [1.54, 1.807) is 11.3 Å². The van der Waals surface area contributed by atoms with Crippen LogP contribution >= 0.6 is 11.3 Å². The first-order valence-electron chi connectivity index (χ1n) is 7.08. The van der Waals surface area contributed by atoms with Gasteiger partial charge in [0, 0.05) is 35.8 Å². The third kappa shape index (κ3) is 3.39. The third-order valence-corrected chi connectivity index (χ3v) is 4.69. The van der Waals surface area contributed by atoms with Crippen molar-refractivity contribution in [3.63, 3.8) is 0 Å². The summed E-state index contributed by atoms with van der Waals surface area (Å²) < 4.78 is 0. The van der Waals surface area contributed by atoms with Crippen LogP contribution in [-0.2, 0) is 11.2 Å². The molecule has 1 N–H and O–H groups in total. The maximum atomic E-state index is 12.4. The normalized spacial score (nSPS) is 18.7. The molecular formula is C15H17N3O2S. The lowest BCUT2D eigenvalue weighted by molar-refractivity contribution is -0.131. The maximum Gasteiger partial charge on any atom is 0.345 e. The number of piperidine rings is 1. The first-order chi connectivity index (χ1) is 10.2. The monoisotopic (exact) mass is 303 g/mol. The van der Waals surface area contributed by atoms with E-state index in [0.29, 0.717) is 13.0 Å². The van der Waals surface area contributed by atoms with Crippen LogP contribution < -0.4 is 5.69 Å². The summed E-state index contributed by atoms with van der Waals surface area (Å²) in [6.07, 6.45) is 3.95. The van der Waals surface area contributed by atoms with Crippen LogP contribution in [-0.4, -0.2) is 33.9 Å². The smallest absolute Gasteiger partial charge is 0.342 e. The van der Waals surface area contributed by atoms with Gasteiger partial charge in [0.25, 0.3) is 0 Å². The van der Waals surface area contributed by atoms with Gasteiger partial charge in [-0.1, -0.05) is 6.07 Å². The predicted molar refractivity (Wildman–Crippen MR) is 81.4 cm³/mol. The summed E-state index contributed by atoms with van der Waals surface area (Å²) in [6, 6.07) is 5.79. The molecule has 0 bridgehead atoms. The Kier molecular flexibility index (Phi) is 4.15. The fourth-order valence-corrected chi connectivity index (χ4v) is 3.45. The van der Waals surface area contributed by atoms with Gasteiger partial charge in [-0.2, -0.15) is 0 Å². The van der Waals surface area contributed by atoms with Crippen LogP contribution in [0.3, 0.4) is 0 Å². The number of thiophene rings is 1. The number of hydrogen-bond donors (Lipinski definition) is 1. The molecule has 110 valence electrons. The fourth-order valence-electron chi connectivity index (χ4n) is 2.75. The van der Waals surface area contributed by atoms with Gasteiger partial charge in [-0.3, -0.25) is 4.79 Å². The lowest BCUT2D eigenvalue weighted by Crippen LogP contribution is -2.40. The van der Waals surface area contributed by atoms with E-state index in [0.717, 1.165) is 30.0 Å². The second-order valence-corrected chi connectivity index (χ2v) is 6.30. The number of hydrogen-bond acceptors (Lipinski definition) is 4. The van der Waals surface area contributed by atoms with Crippen LogP contribution in [0.4, 0.5) is 0 Å². The molecule has 1 aliphatic rings. The average Bonchev–Trinajstić information content (AvgIpc) is 3.00. The molecule has 1 atom stereocenters. The summed E-state index contributed by atoms with van der Waals surface area (Å²) in [7, 11) is 0. The minimum Gasteiger partial charge on any atom is -0.342 e. The van der Waals surface area contributed by atoms with E-state index in [2.05, 4.69) is 9.97 Å². The van der Waals surface area contributed by atoms with E-state index in [4.69, 9.17) is 0 Å². The Morgan fingerprint density at radius 2 is 2.38 bits per heavy atom. The molecule has 0 spiro atoms. The molecule has 1 fully saturated rings. The van der Waals surface area contributed by atoms with Gasteiger partial charge in [0.15, 0.2) is 0 Å². The molecule has 3 rings (SSSR count). The molecule has 0 unspecified atom stereocenters. The molecule has 0 radical (unpaired) electrons. The Morgan fingerprint density at radius 3 is 3.14 bits per heavy atom. The second kappa shape index (κ2) is 6.22. The minimum absolute atomic E-state index is 0.165. The number of H-pyrrole nitrogens is 1. The van der Waals surface area contributed by atoms with Crippen molar-refractivity contribution in [1.82, 2.24) is 14.9 Å². The van der Waals surface area contributed by atoms with E-state index in [1.807, 2.05) is 28.5 Å². The molecule has 1 amide bonds. The number of likely N-dealkylation sites (tertiary alicyclic amines) is 1. The van der Waals surface area contributed by atoms with Crippen molar-refractivity contribution in [3.05, 3.63) is 50.8 Å². The van der Waals surface area contributed by atoms with Crippen molar-refractivity contribution in [1.29, 1.82) is 0 Å². The van der Waals surface area contributed by atoms with Crippen molar-refractivity contribution in [2.45, 2.75) is 25.2 Å².